The molecule has 0 bridgehead atoms. The number of rotatable bonds is 2. The molecule has 0 saturated heterocycles. The summed E-state index contributed by atoms with van der Waals surface area (Å²) < 4.78 is 0. The predicted molar refractivity (Wildman–Crippen MR) is 50.6 cm³/mol. The molecule has 0 aliphatic heterocycles. The van der Waals surface area contributed by atoms with Gasteiger partial charge in [-0.05, 0) is 32.8 Å². The van der Waals surface area contributed by atoms with Gasteiger partial charge in [0.15, 0.2) is 0 Å². The van der Waals surface area contributed by atoms with Gasteiger partial charge >= 0.3 is 0 Å². The van der Waals surface area contributed by atoms with E-state index in [1.54, 1.807) is 6.92 Å². The van der Waals surface area contributed by atoms with Crippen LogP contribution in [0.2, 0.25) is 0 Å². The summed E-state index contributed by atoms with van der Waals surface area (Å²) in [6, 6.07) is 2.68. The molecule has 0 N–H and O–H groups in total. The molecule has 0 rings (SSSR count). The van der Waals surface area contributed by atoms with Gasteiger partial charge in [0.2, 0.25) is 0 Å². The van der Waals surface area contributed by atoms with Crippen molar-refractivity contribution < 1.29 is 0 Å². The van der Waals surface area contributed by atoms with E-state index in [1.165, 1.54) is 5.57 Å². The van der Waals surface area contributed by atoms with Gasteiger partial charge < -0.3 is 0 Å². The van der Waals surface area contributed by atoms with E-state index in [-0.39, 0.29) is 0 Å². The summed E-state index contributed by atoms with van der Waals surface area (Å²) in [5, 5.41) is 0. The minimum absolute atomic E-state index is 1.02. The van der Waals surface area contributed by atoms with E-state index in [1.807, 2.05) is 6.92 Å². The minimum atomic E-state index is 1.02. The maximum Gasteiger partial charge on any atom is 0.0505 e. The van der Waals surface area contributed by atoms with Gasteiger partial charge in [-0.15, -0.1) is 0 Å². The lowest BCUT2D eigenvalue weighted by atomic mass is 10.2. The molecule has 0 amide bonds. The molecule has 1 nitrogen and oxygen atoms in total. The highest BCUT2D eigenvalue weighted by atomic mass is 14.7. The number of hydrogen-bond acceptors (Lipinski definition) is 1. The van der Waals surface area contributed by atoms with Gasteiger partial charge in [-0.2, -0.15) is 0 Å². The van der Waals surface area contributed by atoms with Gasteiger partial charge in [0.25, 0.3) is 0 Å². The minimum Gasteiger partial charge on any atom is -0.202 e. The van der Waals surface area contributed by atoms with Crippen molar-refractivity contribution in [3.63, 3.8) is 0 Å². The van der Waals surface area contributed by atoms with Crippen LogP contribution in [0.4, 0.5) is 0 Å². The molecule has 0 aliphatic rings. The van der Waals surface area contributed by atoms with Crippen molar-refractivity contribution >= 4 is 5.71 Å². The molecule has 0 heterocycles. The molecular formula is C10H15N. The average Bonchev–Trinajstić information content (AvgIpc) is 2.00. The molecule has 0 aromatic rings. The quantitative estimate of drug-likeness (QED) is 0.423. The highest BCUT2D eigenvalue weighted by Gasteiger charge is 1.90. The zero-order valence-electron chi connectivity index (χ0n) is 7.73. The topological polar surface area (TPSA) is 12.4 Å². The van der Waals surface area contributed by atoms with Crippen LogP contribution in [0.1, 0.15) is 34.1 Å². The Labute approximate surface area is 69.2 Å². The van der Waals surface area contributed by atoms with E-state index in [0.717, 1.165) is 12.1 Å². The van der Waals surface area contributed by atoms with Crippen LogP contribution in [0, 0.1) is 12.0 Å². The maximum absolute atomic E-state index is 4.05. The van der Waals surface area contributed by atoms with Crippen molar-refractivity contribution in [2.75, 3.05) is 0 Å². The van der Waals surface area contributed by atoms with Gasteiger partial charge in [-0.25, -0.2) is 4.99 Å². The SMILES string of the molecule is CC#C/N=C(C)\C(C)=C\CC. The molecule has 11 heavy (non-hydrogen) atoms. The predicted octanol–water partition coefficient (Wildman–Crippen LogP) is 2.78. The van der Waals surface area contributed by atoms with E-state index in [4.69, 9.17) is 0 Å². The Balaban J connectivity index is 4.30. The molecule has 0 saturated carbocycles. The van der Waals surface area contributed by atoms with Crippen molar-refractivity contribution in [1.82, 2.24) is 0 Å². The molecule has 60 valence electrons. The lowest BCUT2D eigenvalue weighted by Gasteiger charge is -1.95. The third-order valence-corrected chi connectivity index (χ3v) is 1.42. The summed E-state index contributed by atoms with van der Waals surface area (Å²) in [6.45, 7) is 7.93. The van der Waals surface area contributed by atoms with Crippen molar-refractivity contribution in [2.24, 2.45) is 4.99 Å². The molecule has 0 aliphatic carbocycles. The second-order valence-corrected chi connectivity index (χ2v) is 2.35. The van der Waals surface area contributed by atoms with Crippen LogP contribution in [0.5, 0.6) is 0 Å². The van der Waals surface area contributed by atoms with E-state index in [9.17, 15) is 0 Å². The molecule has 0 spiro atoms. The van der Waals surface area contributed by atoms with Gasteiger partial charge in [-0.3, -0.25) is 0 Å². The Hall–Kier alpha value is -1.03. The molecule has 0 radical (unpaired) electrons. The zero-order chi connectivity index (χ0) is 8.69. The number of nitrogens with zero attached hydrogens (tertiary/aromatic N) is 1. The molecule has 1 heteroatoms. The smallest absolute Gasteiger partial charge is 0.0505 e. The van der Waals surface area contributed by atoms with Gasteiger partial charge in [0.05, 0.1) is 5.71 Å². The first-order valence-corrected chi connectivity index (χ1v) is 3.85. The van der Waals surface area contributed by atoms with Crippen LogP contribution in [-0.4, -0.2) is 5.71 Å². The Morgan fingerprint density at radius 2 is 2.09 bits per heavy atom. The second-order valence-electron chi connectivity index (χ2n) is 2.35. The monoisotopic (exact) mass is 149 g/mol. The highest BCUT2D eigenvalue weighted by Crippen LogP contribution is 1.97. The van der Waals surface area contributed by atoms with E-state index < -0.39 is 0 Å². The maximum atomic E-state index is 4.05. The van der Waals surface area contributed by atoms with Crippen LogP contribution < -0.4 is 0 Å². The Kier molecular flexibility index (Phi) is 5.20. The summed E-state index contributed by atoms with van der Waals surface area (Å²) >= 11 is 0. The summed E-state index contributed by atoms with van der Waals surface area (Å²) in [5.41, 5.74) is 2.23. The average molecular weight is 149 g/mol. The van der Waals surface area contributed by atoms with Crippen molar-refractivity contribution in [2.45, 2.75) is 34.1 Å². The normalized spacial score (nSPS) is 12.4. The fourth-order valence-corrected chi connectivity index (χ4v) is 0.682. The molecule has 0 aromatic carbocycles. The third-order valence-electron chi connectivity index (χ3n) is 1.42. The van der Waals surface area contributed by atoms with Crippen LogP contribution in [-0.2, 0) is 0 Å². The first-order valence-electron chi connectivity index (χ1n) is 3.85. The molecule has 0 atom stereocenters. The van der Waals surface area contributed by atoms with Crippen LogP contribution >= 0.6 is 0 Å². The number of aliphatic imine (C=N–C) groups is 1. The zero-order valence-corrected chi connectivity index (χ0v) is 7.73. The summed E-state index contributed by atoms with van der Waals surface area (Å²) in [4.78, 5) is 4.05. The van der Waals surface area contributed by atoms with E-state index in [0.29, 0.717) is 0 Å². The van der Waals surface area contributed by atoms with Gasteiger partial charge in [0, 0.05) is 6.04 Å². The van der Waals surface area contributed by atoms with E-state index >= 15 is 0 Å². The fourth-order valence-electron chi connectivity index (χ4n) is 0.682. The van der Waals surface area contributed by atoms with Gasteiger partial charge in [0.1, 0.15) is 0 Å². The van der Waals surface area contributed by atoms with Gasteiger partial charge in [-0.1, -0.05) is 18.9 Å². The first kappa shape index (κ1) is 9.97. The molecule has 0 aromatic heterocycles. The Morgan fingerprint density at radius 3 is 2.55 bits per heavy atom. The van der Waals surface area contributed by atoms with Crippen molar-refractivity contribution in [3.8, 4) is 12.0 Å². The summed E-state index contributed by atoms with van der Waals surface area (Å²) in [6.07, 6.45) is 3.20. The van der Waals surface area contributed by atoms with Crippen LogP contribution in [0.25, 0.3) is 0 Å². The molecule has 0 fully saturated rings. The third kappa shape index (κ3) is 4.38. The van der Waals surface area contributed by atoms with E-state index in [2.05, 4.69) is 36.9 Å². The van der Waals surface area contributed by atoms with Crippen molar-refractivity contribution in [3.05, 3.63) is 11.6 Å². The highest BCUT2D eigenvalue weighted by molar-refractivity contribution is 5.98. The standard InChI is InChI=1S/C10H15N/c1-5-7-9(3)10(4)11-8-6-2/h7H,5H2,1-4H3/b9-7+,11-10-. The van der Waals surface area contributed by atoms with Crippen LogP contribution in [0.15, 0.2) is 16.6 Å². The fraction of sp³-hybridized carbons (Fsp3) is 0.500. The largest absolute Gasteiger partial charge is 0.202 e. The second kappa shape index (κ2) is 5.73. The Bertz CT molecular complexity index is 223. The number of hydrogen-bond donors (Lipinski definition) is 0. The molecule has 0 unspecified atom stereocenters. The summed E-state index contributed by atoms with van der Waals surface area (Å²) in [7, 11) is 0. The molecular weight excluding hydrogens is 134 g/mol. The van der Waals surface area contributed by atoms with Crippen molar-refractivity contribution in [1.29, 1.82) is 0 Å². The van der Waals surface area contributed by atoms with Crippen LogP contribution in [0.3, 0.4) is 0 Å². The lowest BCUT2D eigenvalue weighted by Crippen LogP contribution is -1.91. The lowest BCUT2D eigenvalue weighted by molar-refractivity contribution is 1.20. The summed E-state index contributed by atoms with van der Waals surface area (Å²) in [5.74, 6) is 2.73. The number of allylic oxidation sites excluding steroid dienone is 2. The Morgan fingerprint density at radius 1 is 1.45 bits per heavy atom. The first-order chi connectivity index (χ1) is 5.22.